The molecule has 0 bridgehead atoms. The monoisotopic (exact) mass is 509 g/mol. The molecule has 0 radical (unpaired) electrons. The molecule has 3 aromatic rings. The second-order valence-electron chi connectivity index (χ2n) is 8.58. The maximum Gasteiger partial charge on any atom is 0.154 e. The molecule has 1 unspecified atom stereocenters. The van der Waals surface area contributed by atoms with Gasteiger partial charge < -0.3 is 0 Å². The zero-order chi connectivity index (χ0) is 23.8. The summed E-state index contributed by atoms with van der Waals surface area (Å²) in [7, 11) is -3.56. The molecule has 1 saturated heterocycles. The van der Waals surface area contributed by atoms with Gasteiger partial charge in [0, 0.05) is 35.5 Å². The van der Waals surface area contributed by atoms with Gasteiger partial charge in [0.2, 0.25) is 0 Å². The highest BCUT2D eigenvalue weighted by atomic mass is 35.5. The van der Waals surface area contributed by atoms with Gasteiger partial charge >= 0.3 is 0 Å². The zero-order valence-electron chi connectivity index (χ0n) is 17.9. The summed E-state index contributed by atoms with van der Waals surface area (Å²) in [4.78, 5) is 2.25. The molecular formula is C25H23Cl2F2NO2S. The third-order valence-electron chi connectivity index (χ3n) is 6.04. The van der Waals surface area contributed by atoms with Crippen molar-refractivity contribution in [3.8, 4) is 0 Å². The van der Waals surface area contributed by atoms with Gasteiger partial charge in [0.25, 0.3) is 0 Å². The summed E-state index contributed by atoms with van der Waals surface area (Å²) in [5, 5.41) is 0.334. The second kappa shape index (κ2) is 9.71. The smallest absolute Gasteiger partial charge is 0.154 e. The van der Waals surface area contributed by atoms with Crippen LogP contribution in [0.4, 0.5) is 8.78 Å². The number of sulfone groups is 1. The molecule has 0 N–H and O–H groups in total. The van der Waals surface area contributed by atoms with E-state index >= 15 is 0 Å². The fraction of sp³-hybridized carbons (Fsp3) is 0.280. The molecule has 1 aliphatic heterocycles. The SMILES string of the molecule is CS(=O)(=O)C(CC1CN(C(c2ccc(Cl)cc2)c2ccc(Cl)cc2)C1)c1cc(F)cc(F)c1. The van der Waals surface area contributed by atoms with Gasteiger partial charge in [-0.2, -0.15) is 0 Å². The summed E-state index contributed by atoms with van der Waals surface area (Å²) in [5.41, 5.74) is 2.28. The molecule has 1 heterocycles. The van der Waals surface area contributed by atoms with Crippen LogP contribution in [0.3, 0.4) is 0 Å². The molecule has 0 aliphatic carbocycles. The van der Waals surface area contributed by atoms with Crippen molar-refractivity contribution in [2.45, 2.75) is 17.7 Å². The van der Waals surface area contributed by atoms with E-state index in [0.717, 1.165) is 35.6 Å². The lowest BCUT2D eigenvalue weighted by molar-refractivity contribution is 0.0628. The predicted molar refractivity (Wildman–Crippen MR) is 128 cm³/mol. The summed E-state index contributed by atoms with van der Waals surface area (Å²) in [5.74, 6) is -1.49. The molecule has 4 rings (SSSR count). The van der Waals surface area contributed by atoms with Crippen molar-refractivity contribution in [2.24, 2.45) is 5.92 Å². The van der Waals surface area contributed by atoms with Crippen LogP contribution in [0.2, 0.25) is 10.0 Å². The van der Waals surface area contributed by atoms with Crippen molar-refractivity contribution in [1.29, 1.82) is 0 Å². The van der Waals surface area contributed by atoms with Crippen LogP contribution in [0.5, 0.6) is 0 Å². The standard InChI is InChI=1S/C25H23Cl2F2NO2S/c1-33(31,32)24(19-11-22(28)13-23(29)12-19)10-16-14-30(15-16)25(17-2-6-20(26)7-3-17)18-4-8-21(27)9-5-18/h2-9,11-13,16,24-25H,10,14-15H2,1H3. The van der Waals surface area contributed by atoms with Crippen LogP contribution < -0.4 is 0 Å². The van der Waals surface area contributed by atoms with E-state index in [4.69, 9.17) is 23.2 Å². The molecule has 1 fully saturated rings. The maximum absolute atomic E-state index is 13.7. The Morgan fingerprint density at radius 1 is 0.848 bits per heavy atom. The summed E-state index contributed by atoms with van der Waals surface area (Å²) in [6, 6.07) is 18.2. The fourth-order valence-corrected chi connectivity index (χ4v) is 6.00. The van der Waals surface area contributed by atoms with Gasteiger partial charge in [0.15, 0.2) is 9.84 Å². The van der Waals surface area contributed by atoms with Crippen molar-refractivity contribution < 1.29 is 17.2 Å². The molecule has 0 spiro atoms. The van der Waals surface area contributed by atoms with Gasteiger partial charge in [-0.15, -0.1) is 0 Å². The molecular weight excluding hydrogens is 487 g/mol. The lowest BCUT2D eigenvalue weighted by Crippen LogP contribution is -2.49. The molecule has 0 amide bonds. The van der Waals surface area contributed by atoms with E-state index in [2.05, 4.69) is 4.90 Å². The third-order valence-corrected chi connectivity index (χ3v) is 8.05. The van der Waals surface area contributed by atoms with E-state index in [1.807, 2.05) is 48.5 Å². The second-order valence-corrected chi connectivity index (χ2v) is 11.7. The largest absolute Gasteiger partial charge is 0.292 e. The predicted octanol–water partition coefficient (Wildman–Crippen LogP) is 6.47. The summed E-state index contributed by atoms with van der Waals surface area (Å²) in [6.45, 7) is 1.31. The minimum atomic E-state index is -3.56. The number of hydrogen-bond acceptors (Lipinski definition) is 3. The highest BCUT2D eigenvalue weighted by Gasteiger charge is 2.37. The molecule has 1 atom stereocenters. The van der Waals surface area contributed by atoms with Crippen LogP contribution in [-0.4, -0.2) is 32.7 Å². The lowest BCUT2D eigenvalue weighted by Gasteiger charge is -2.46. The Morgan fingerprint density at radius 3 is 1.73 bits per heavy atom. The van der Waals surface area contributed by atoms with E-state index in [9.17, 15) is 17.2 Å². The van der Waals surface area contributed by atoms with Gasteiger partial charge in [0.1, 0.15) is 11.6 Å². The normalized spacial score (nSPS) is 16.1. The fourth-order valence-electron chi connectivity index (χ4n) is 4.50. The molecule has 3 aromatic carbocycles. The number of benzene rings is 3. The Labute approximate surface area is 202 Å². The van der Waals surface area contributed by atoms with Crippen molar-refractivity contribution in [3.05, 3.63) is 105 Å². The highest BCUT2D eigenvalue weighted by molar-refractivity contribution is 7.90. The highest BCUT2D eigenvalue weighted by Crippen LogP contribution is 2.39. The van der Waals surface area contributed by atoms with Gasteiger partial charge in [-0.25, -0.2) is 17.2 Å². The number of hydrogen-bond donors (Lipinski definition) is 0. The first-order valence-corrected chi connectivity index (χ1v) is 13.2. The van der Waals surface area contributed by atoms with Gasteiger partial charge in [0.05, 0.1) is 11.3 Å². The number of halogens is 4. The van der Waals surface area contributed by atoms with Crippen LogP contribution in [0.15, 0.2) is 66.7 Å². The molecule has 0 aromatic heterocycles. The van der Waals surface area contributed by atoms with E-state index in [1.165, 1.54) is 0 Å². The molecule has 33 heavy (non-hydrogen) atoms. The van der Waals surface area contributed by atoms with E-state index < -0.39 is 26.7 Å². The van der Waals surface area contributed by atoms with Crippen molar-refractivity contribution in [1.82, 2.24) is 4.90 Å². The average Bonchev–Trinajstić information content (AvgIpc) is 2.70. The van der Waals surface area contributed by atoms with Crippen molar-refractivity contribution in [2.75, 3.05) is 19.3 Å². The topological polar surface area (TPSA) is 37.4 Å². The Kier molecular flexibility index (Phi) is 7.10. The Hall–Kier alpha value is -1.99. The minimum Gasteiger partial charge on any atom is -0.292 e. The Morgan fingerprint density at radius 2 is 1.30 bits per heavy atom. The summed E-state index contributed by atoms with van der Waals surface area (Å²) >= 11 is 12.1. The van der Waals surface area contributed by atoms with Gasteiger partial charge in [-0.3, -0.25) is 4.90 Å². The third kappa shape index (κ3) is 5.75. The number of rotatable bonds is 7. The first-order valence-electron chi connectivity index (χ1n) is 10.5. The van der Waals surface area contributed by atoms with Crippen LogP contribution in [0.1, 0.15) is 34.4 Å². The number of nitrogens with zero attached hydrogens (tertiary/aromatic N) is 1. The lowest BCUT2D eigenvalue weighted by atomic mass is 9.87. The van der Waals surface area contributed by atoms with Gasteiger partial charge in [-0.05, 0) is 65.4 Å². The molecule has 0 saturated carbocycles. The Bertz CT molecular complexity index is 1160. The minimum absolute atomic E-state index is 0.0425. The van der Waals surface area contributed by atoms with Crippen molar-refractivity contribution >= 4 is 33.0 Å². The number of likely N-dealkylation sites (tertiary alicyclic amines) is 1. The average molecular weight is 510 g/mol. The van der Waals surface area contributed by atoms with Crippen LogP contribution >= 0.6 is 23.2 Å². The molecule has 174 valence electrons. The van der Waals surface area contributed by atoms with Crippen LogP contribution in [-0.2, 0) is 9.84 Å². The molecule has 1 aliphatic rings. The Balaban J connectivity index is 1.55. The van der Waals surface area contributed by atoms with Crippen molar-refractivity contribution in [3.63, 3.8) is 0 Å². The van der Waals surface area contributed by atoms with E-state index in [0.29, 0.717) is 29.6 Å². The molecule has 3 nitrogen and oxygen atoms in total. The summed E-state index contributed by atoms with van der Waals surface area (Å²) in [6.07, 6.45) is 1.41. The van der Waals surface area contributed by atoms with Crippen LogP contribution in [0.25, 0.3) is 0 Å². The quantitative estimate of drug-likeness (QED) is 0.366. The zero-order valence-corrected chi connectivity index (χ0v) is 20.2. The van der Waals surface area contributed by atoms with E-state index in [1.54, 1.807) is 0 Å². The summed E-state index contributed by atoms with van der Waals surface area (Å²) < 4.78 is 52.4. The van der Waals surface area contributed by atoms with Gasteiger partial charge in [-0.1, -0.05) is 47.5 Å². The maximum atomic E-state index is 13.7. The van der Waals surface area contributed by atoms with E-state index in [-0.39, 0.29) is 17.5 Å². The van der Waals surface area contributed by atoms with Crippen LogP contribution in [0, 0.1) is 17.6 Å². The molecule has 8 heteroatoms. The first-order chi connectivity index (χ1) is 15.6. The first kappa shape index (κ1) is 24.1.